The molecule has 8 nitrogen and oxygen atoms in total. The van der Waals surface area contributed by atoms with Crippen LogP contribution in [0.2, 0.25) is 0 Å². The summed E-state index contributed by atoms with van der Waals surface area (Å²) >= 11 is 0. The van der Waals surface area contributed by atoms with Crippen LogP contribution < -0.4 is 0 Å². The van der Waals surface area contributed by atoms with E-state index in [1.807, 2.05) is 44.2 Å². The van der Waals surface area contributed by atoms with E-state index in [4.69, 9.17) is 4.74 Å². The van der Waals surface area contributed by atoms with Gasteiger partial charge in [-0.25, -0.2) is 4.68 Å². The fraction of sp³-hybridized carbons (Fsp3) is 0.273. The lowest BCUT2D eigenvalue weighted by atomic mass is 10.1. The second kappa shape index (κ2) is 8.08. The lowest BCUT2D eigenvalue weighted by molar-refractivity contribution is -0.384. The summed E-state index contributed by atoms with van der Waals surface area (Å²) in [6, 6.07) is 17.4. The molecule has 0 saturated carbocycles. The van der Waals surface area contributed by atoms with E-state index in [2.05, 4.69) is 5.10 Å². The van der Waals surface area contributed by atoms with Crippen molar-refractivity contribution in [1.29, 1.82) is 0 Å². The molecule has 1 amide bonds. The van der Waals surface area contributed by atoms with Gasteiger partial charge in [0.1, 0.15) is 5.69 Å². The van der Waals surface area contributed by atoms with Crippen molar-refractivity contribution in [3.63, 3.8) is 0 Å². The van der Waals surface area contributed by atoms with Crippen molar-refractivity contribution in [2.24, 2.45) is 0 Å². The number of benzene rings is 2. The standard InChI is InChI=1S/C22H22N4O4/c1-15-13-24(14-16(2)30-15)22(27)21-12-20(17-6-4-3-5-7-17)23-25(21)18-8-10-19(11-9-18)26(28)29/h3-12,15-16H,13-14H2,1-2H3. The second-order valence-corrected chi connectivity index (χ2v) is 7.43. The number of carbonyl (C=O) groups is 1. The number of hydrogen-bond acceptors (Lipinski definition) is 5. The maximum atomic E-state index is 13.4. The molecule has 1 aliphatic rings. The Kier molecular flexibility index (Phi) is 5.33. The molecule has 3 aromatic rings. The van der Waals surface area contributed by atoms with Gasteiger partial charge in [0.15, 0.2) is 0 Å². The number of amides is 1. The van der Waals surface area contributed by atoms with Gasteiger partial charge in [0.05, 0.1) is 28.5 Å². The van der Waals surface area contributed by atoms with Crippen molar-refractivity contribution in [3.8, 4) is 16.9 Å². The fourth-order valence-corrected chi connectivity index (χ4v) is 3.70. The number of nitro groups is 1. The maximum absolute atomic E-state index is 13.4. The molecule has 0 N–H and O–H groups in total. The summed E-state index contributed by atoms with van der Waals surface area (Å²) in [5, 5.41) is 15.6. The molecule has 2 heterocycles. The Bertz CT molecular complexity index is 1050. The molecule has 0 radical (unpaired) electrons. The summed E-state index contributed by atoms with van der Waals surface area (Å²) in [5.41, 5.74) is 2.52. The van der Waals surface area contributed by atoms with E-state index in [1.165, 1.54) is 12.1 Å². The van der Waals surface area contributed by atoms with E-state index in [9.17, 15) is 14.9 Å². The molecule has 154 valence electrons. The van der Waals surface area contributed by atoms with Gasteiger partial charge in [0.2, 0.25) is 0 Å². The van der Waals surface area contributed by atoms with Crippen LogP contribution in [0.25, 0.3) is 16.9 Å². The highest BCUT2D eigenvalue weighted by Crippen LogP contribution is 2.25. The molecule has 2 aromatic carbocycles. The van der Waals surface area contributed by atoms with Crippen molar-refractivity contribution >= 4 is 11.6 Å². The Hall–Kier alpha value is -3.52. The van der Waals surface area contributed by atoms with Crippen molar-refractivity contribution in [3.05, 3.63) is 76.5 Å². The summed E-state index contributed by atoms with van der Waals surface area (Å²) in [7, 11) is 0. The van der Waals surface area contributed by atoms with Crippen LogP contribution in [0.4, 0.5) is 5.69 Å². The molecular formula is C22H22N4O4. The first kappa shape index (κ1) is 19.8. The van der Waals surface area contributed by atoms with Gasteiger partial charge in [0, 0.05) is 30.8 Å². The van der Waals surface area contributed by atoms with Crippen LogP contribution in [0.15, 0.2) is 60.7 Å². The molecule has 4 rings (SSSR count). The minimum Gasteiger partial charge on any atom is -0.372 e. The van der Waals surface area contributed by atoms with Crippen LogP contribution in [-0.4, -0.2) is 50.8 Å². The Morgan fingerprint density at radius 3 is 2.30 bits per heavy atom. The minimum atomic E-state index is -0.454. The van der Waals surface area contributed by atoms with Crippen molar-refractivity contribution in [2.75, 3.05) is 13.1 Å². The van der Waals surface area contributed by atoms with Gasteiger partial charge in [-0.2, -0.15) is 5.10 Å². The molecule has 8 heteroatoms. The van der Waals surface area contributed by atoms with E-state index >= 15 is 0 Å². The van der Waals surface area contributed by atoms with Gasteiger partial charge in [-0.05, 0) is 32.0 Å². The van der Waals surface area contributed by atoms with Crippen LogP contribution >= 0.6 is 0 Å². The summed E-state index contributed by atoms with van der Waals surface area (Å²) in [4.78, 5) is 25.7. The second-order valence-electron chi connectivity index (χ2n) is 7.43. The monoisotopic (exact) mass is 406 g/mol. The third-order valence-electron chi connectivity index (χ3n) is 5.01. The average molecular weight is 406 g/mol. The number of morpholine rings is 1. The van der Waals surface area contributed by atoms with Crippen molar-refractivity contribution in [2.45, 2.75) is 26.1 Å². The number of rotatable bonds is 4. The van der Waals surface area contributed by atoms with Crippen LogP contribution in [0, 0.1) is 10.1 Å². The highest BCUT2D eigenvalue weighted by atomic mass is 16.6. The molecule has 1 aliphatic heterocycles. The predicted molar refractivity (Wildman–Crippen MR) is 112 cm³/mol. The third-order valence-corrected chi connectivity index (χ3v) is 5.01. The molecule has 30 heavy (non-hydrogen) atoms. The van der Waals surface area contributed by atoms with E-state index < -0.39 is 4.92 Å². The molecule has 1 saturated heterocycles. The number of aromatic nitrogens is 2. The number of ether oxygens (including phenoxy) is 1. The van der Waals surface area contributed by atoms with Crippen molar-refractivity contribution in [1.82, 2.24) is 14.7 Å². The fourth-order valence-electron chi connectivity index (χ4n) is 3.70. The summed E-state index contributed by atoms with van der Waals surface area (Å²) in [6.45, 7) is 4.88. The molecule has 2 atom stereocenters. The average Bonchev–Trinajstić information content (AvgIpc) is 3.18. The van der Waals surface area contributed by atoms with Crippen LogP contribution in [0.3, 0.4) is 0 Å². The van der Waals surface area contributed by atoms with Gasteiger partial charge in [-0.15, -0.1) is 0 Å². The number of nitro benzene ring substituents is 1. The highest BCUT2D eigenvalue weighted by Gasteiger charge is 2.29. The highest BCUT2D eigenvalue weighted by molar-refractivity contribution is 5.94. The quantitative estimate of drug-likeness (QED) is 0.487. The zero-order valence-electron chi connectivity index (χ0n) is 16.8. The lowest BCUT2D eigenvalue weighted by Crippen LogP contribution is -2.48. The largest absolute Gasteiger partial charge is 0.372 e. The topological polar surface area (TPSA) is 90.5 Å². The van der Waals surface area contributed by atoms with Gasteiger partial charge in [-0.3, -0.25) is 14.9 Å². The van der Waals surface area contributed by atoms with Crippen LogP contribution in [0.1, 0.15) is 24.3 Å². The molecule has 1 aromatic heterocycles. The first-order valence-corrected chi connectivity index (χ1v) is 9.77. The first-order chi connectivity index (χ1) is 14.4. The third kappa shape index (κ3) is 3.95. The van der Waals surface area contributed by atoms with Crippen LogP contribution in [-0.2, 0) is 4.74 Å². The molecule has 0 spiro atoms. The molecular weight excluding hydrogens is 384 g/mol. The lowest BCUT2D eigenvalue weighted by Gasteiger charge is -2.35. The molecule has 1 fully saturated rings. The van der Waals surface area contributed by atoms with Gasteiger partial charge < -0.3 is 9.64 Å². The molecule has 0 bridgehead atoms. The zero-order valence-corrected chi connectivity index (χ0v) is 16.8. The predicted octanol–water partition coefficient (Wildman–Crippen LogP) is 3.70. The maximum Gasteiger partial charge on any atom is 0.272 e. The Morgan fingerprint density at radius 2 is 1.70 bits per heavy atom. The van der Waals surface area contributed by atoms with Gasteiger partial charge in [-0.1, -0.05) is 30.3 Å². The van der Waals surface area contributed by atoms with E-state index in [0.717, 1.165) is 5.56 Å². The Labute approximate surface area is 173 Å². The Morgan fingerprint density at radius 1 is 1.07 bits per heavy atom. The summed E-state index contributed by atoms with van der Waals surface area (Å²) < 4.78 is 7.30. The van der Waals surface area contributed by atoms with Gasteiger partial charge in [0.25, 0.3) is 11.6 Å². The summed E-state index contributed by atoms with van der Waals surface area (Å²) in [5.74, 6) is -0.148. The van der Waals surface area contributed by atoms with Crippen LogP contribution in [0.5, 0.6) is 0 Å². The SMILES string of the molecule is CC1CN(C(=O)c2cc(-c3ccccc3)nn2-c2ccc([N+](=O)[O-])cc2)CC(C)O1. The Balaban J connectivity index is 1.76. The van der Waals surface area contributed by atoms with E-state index in [1.54, 1.807) is 27.8 Å². The first-order valence-electron chi connectivity index (χ1n) is 9.77. The van der Waals surface area contributed by atoms with E-state index in [0.29, 0.717) is 30.2 Å². The normalized spacial score (nSPS) is 18.9. The summed E-state index contributed by atoms with van der Waals surface area (Å²) in [6.07, 6.45) is -0.107. The number of hydrogen-bond donors (Lipinski definition) is 0. The minimum absolute atomic E-state index is 0.0158. The van der Waals surface area contributed by atoms with Crippen molar-refractivity contribution < 1.29 is 14.5 Å². The van der Waals surface area contributed by atoms with Gasteiger partial charge >= 0.3 is 0 Å². The smallest absolute Gasteiger partial charge is 0.272 e. The number of carbonyl (C=O) groups excluding carboxylic acids is 1. The molecule has 2 unspecified atom stereocenters. The number of non-ortho nitro benzene ring substituents is 1. The zero-order chi connectivity index (χ0) is 21.3. The molecule has 0 aliphatic carbocycles. The van der Waals surface area contributed by atoms with E-state index in [-0.39, 0.29) is 23.8 Å². The number of nitrogens with zero attached hydrogens (tertiary/aromatic N) is 4.